The average Bonchev–Trinajstić information content (AvgIpc) is 3.25. The van der Waals surface area contributed by atoms with Crippen LogP contribution in [-0.2, 0) is 4.79 Å². The van der Waals surface area contributed by atoms with E-state index in [4.69, 9.17) is 16.3 Å². The molecular formula is C25H32ClN3O2. The molecule has 2 saturated heterocycles. The number of hydrogen-bond acceptors (Lipinski definition) is 4. The fourth-order valence-corrected chi connectivity index (χ4v) is 4.97. The van der Waals surface area contributed by atoms with E-state index >= 15 is 0 Å². The first-order valence-electron chi connectivity index (χ1n) is 11.1. The monoisotopic (exact) mass is 441 g/mol. The Morgan fingerprint density at radius 2 is 1.68 bits per heavy atom. The molecule has 5 nitrogen and oxygen atoms in total. The van der Waals surface area contributed by atoms with Crippen LogP contribution in [0, 0.1) is 5.92 Å². The van der Waals surface area contributed by atoms with Crippen LogP contribution in [0.1, 0.15) is 25.3 Å². The Balaban J connectivity index is 1.47. The van der Waals surface area contributed by atoms with Gasteiger partial charge in [0.1, 0.15) is 5.75 Å². The molecule has 2 heterocycles. The van der Waals surface area contributed by atoms with Gasteiger partial charge in [0.15, 0.2) is 0 Å². The highest BCUT2D eigenvalue weighted by atomic mass is 35.5. The van der Waals surface area contributed by atoms with Crippen molar-refractivity contribution < 1.29 is 9.53 Å². The van der Waals surface area contributed by atoms with Crippen LogP contribution in [0.25, 0.3) is 0 Å². The smallest absolute Gasteiger partial charge is 0.227 e. The zero-order valence-corrected chi connectivity index (χ0v) is 19.4. The van der Waals surface area contributed by atoms with Crippen molar-refractivity contribution in [3.05, 3.63) is 59.1 Å². The number of carbonyl (C=O) groups is 1. The standard InChI is InChI=1S/C25H32ClN3O2/c1-18(2)29-16-21(19-8-10-20(26)11-9-19)22(17-29)25(30)28-14-12-27(13-15-28)23-6-4-5-7-24(23)31-3/h4-11,18,21-22H,12-17H2,1-3H3/t21-,22+/m0/s1. The number of carbonyl (C=O) groups excluding carboxylic acids is 1. The lowest BCUT2D eigenvalue weighted by Gasteiger charge is -2.38. The summed E-state index contributed by atoms with van der Waals surface area (Å²) >= 11 is 6.10. The minimum Gasteiger partial charge on any atom is -0.495 e. The Labute approximate surface area is 190 Å². The van der Waals surface area contributed by atoms with Gasteiger partial charge in [-0.15, -0.1) is 0 Å². The molecule has 0 unspecified atom stereocenters. The molecule has 31 heavy (non-hydrogen) atoms. The van der Waals surface area contributed by atoms with Crippen molar-refractivity contribution in [2.24, 2.45) is 5.92 Å². The zero-order chi connectivity index (χ0) is 22.0. The van der Waals surface area contributed by atoms with E-state index in [1.165, 1.54) is 5.56 Å². The number of hydrogen-bond donors (Lipinski definition) is 0. The molecule has 2 atom stereocenters. The highest BCUT2D eigenvalue weighted by Crippen LogP contribution is 2.36. The molecule has 2 aliphatic heterocycles. The Hall–Kier alpha value is -2.24. The van der Waals surface area contributed by atoms with Crippen molar-refractivity contribution in [1.29, 1.82) is 0 Å². The van der Waals surface area contributed by atoms with Gasteiger partial charge in [-0.25, -0.2) is 0 Å². The van der Waals surface area contributed by atoms with Crippen LogP contribution in [0.2, 0.25) is 5.02 Å². The van der Waals surface area contributed by atoms with Gasteiger partial charge in [-0.2, -0.15) is 0 Å². The number of para-hydroxylation sites is 2. The first-order valence-corrected chi connectivity index (χ1v) is 11.5. The Morgan fingerprint density at radius 1 is 1.00 bits per heavy atom. The van der Waals surface area contributed by atoms with Gasteiger partial charge in [-0.1, -0.05) is 35.9 Å². The number of piperazine rings is 1. The number of anilines is 1. The number of halogens is 1. The van der Waals surface area contributed by atoms with Gasteiger partial charge < -0.3 is 14.5 Å². The summed E-state index contributed by atoms with van der Waals surface area (Å²) in [7, 11) is 1.70. The van der Waals surface area contributed by atoms with Crippen molar-refractivity contribution in [1.82, 2.24) is 9.80 Å². The van der Waals surface area contributed by atoms with Crippen molar-refractivity contribution in [2.45, 2.75) is 25.8 Å². The van der Waals surface area contributed by atoms with E-state index in [0.29, 0.717) is 6.04 Å². The molecule has 0 N–H and O–H groups in total. The van der Waals surface area contributed by atoms with Crippen molar-refractivity contribution in [3.63, 3.8) is 0 Å². The molecule has 0 aromatic heterocycles. The maximum atomic E-state index is 13.6. The van der Waals surface area contributed by atoms with E-state index in [2.05, 4.69) is 46.7 Å². The van der Waals surface area contributed by atoms with Gasteiger partial charge in [-0.05, 0) is 43.7 Å². The lowest BCUT2D eigenvalue weighted by atomic mass is 9.88. The fourth-order valence-electron chi connectivity index (χ4n) is 4.85. The van der Waals surface area contributed by atoms with Crippen LogP contribution in [-0.4, -0.2) is 68.1 Å². The van der Waals surface area contributed by atoms with Crippen LogP contribution >= 0.6 is 11.6 Å². The average molecular weight is 442 g/mol. The van der Waals surface area contributed by atoms with Gasteiger partial charge in [0, 0.05) is 56.3 Å². The van der Waals surface area contributed by atoms with Crippen LogP contribution < -0.4 is 9.64 Å². The van der Waals surface area contributed by atoms with E-state index < -0.39 is 0 Å². The molecule has 166 valence electrons. The molecule has 2 fully saturated rings. The second-order valence-electron chi connectivity index (χ2n) is 8.80. The van der Waals surface area contributed by atoms with Crippen molar-refractivity contribution >= 4 is 23.2 Å². The van der Waals surface area contributed by atoms with Gasteiger partial charge >= 0.3 is 0 Å². The largest absolute Gasteiger partial charge is 0.495 e. The van der Waals surface area contributed by atoms with Gasteiger partial charge in [0.2, 0.25) is 5.91 Å². The predicted molar refractivity (Wildman–Crippen MR) is 126 cm³/mol. The lowest BCUT2D eigenvalue weighted by Crippen LogP contribution is -2.51. The Morgan fingerprint density at radius 3 is 2.32 bits per heavy atom. The Kier molecular flexibility index (Phi) is 6.73. The molecule has 0 bridgehead atoms. The molecule has 0 saturated carbocycles. The number of benzene rings is 2. The summed E-state index contributed by atoms with van der Waals surface area (Å²) in [6.07, 6.45) is 0. The second kappa shape index (κ2) is 9.49. The summed E-state index contributed by atoms with van der Waals surface area (Å²) < 4.78 is 5.52. The normalized spacial score (nSPS) is 22.2. The lowest BCUT2D eigenvalue weighted by molar-refractivity contribution is -0.135. The molecule has 2 aliphatic rings. The predicted octanol–water partition coefficient (Wildman–Crippen LogP) is 4.12. The van der Waals surface area contributed by atoms with Gasteiger partial charge in [-0.3, -0.25) is 9.69 Å². The molecule has 4 rings (SSSR count). The Bertz CT molecular complexity index is 894. The van der Waals surface area contributed by atoms with Crippen LogP contribution in [0.3, 0.4) is 0 Å². The molecule has 0 radical (unpaired) electrons. The van der Waals surface area contributed by atoms with Crippen LogP contribution in [0.4, 0.5) is 5.69 Å². The highest BCUT2D eigenvalue weighted by molar-refractivity contribution is 6.30. The van der Waals surface area contributed by atoms with Gasteiger partial charge in [0.05, 0.1) is 18.7 Å². The molecule has 0 aliphatic carbocycles. The number of amides is 1. The summed E-state index contributed by atoms with van der Waals surface area (Å²) in [5.74, 6) is 1.36. The zero-order valence-electron chi connectivity index (χ0n) is 18.6. The third kappa shape index (κ3) is 4.68. The summed E-state index contributed by atoms with van der Waals surface area (Å²) in [6.45, 7) is 9.25. The molecule has 6 heteroatoms. The van der Waals surface area contributed by atoms with Crippen molar-refractivity contribution in [3.8, 4) is 5.75 Å². The summed E-state index contributed by atoms with van der Waals surface area (Å²) in [5, 5.41) is 0.734. The first-order chi connectivity index (χ1) is 15.0. The molecule has 1 amide bonds. The minimum atomic E-state index is -0.0126. The summed E-state index contributed by atoms with van der Waals surface area (Å²) in [5.41, 5.74) is 2.31. The number of ether oxygens (including phenoxy) is 1. The summed E-state index contributed by atoms with van der Waals surface area (Å²) in [6, 6.07) is 16.5. The van der Waals surface area contributed by atoms with Crippen LogP contribution in [0.15, 0.2) is 48.5 Å². The van der Waals surface area contributed by atoms with Crippen molar-refractivity contribution in [2.75, 3.05) is 51.3 Å². The molecule has 2 aromatic carbocycles. The quantitative estimate of drug-likeness (QED) is 0.699. The molecular weight excluding hydrogens is 410 g/mol. The minimum absolute atomic E-state index is 0.0126. The van der Waals surface area contributed by atoms with E-state index in [-0.39, 0.29) is 17.7 Å². The molecule has 0 spiro atoms. The fraction of sp³-hybridized carbons (Fsp3) is 0.480. The van der Waals surface area contributed by atoms with Gasteiger partial charge in [0.25, 0.3) is 0 Å². The van der Waals surface area contributed by atoms with Crippen LogP contribution in [0.5, 0.6) is 5.75 Å². The highest BCUT2D eigenvalue weighted by Gasteiger charge is 2.41. The number of likely N-dealkylation sites (tertiary alicyclic amines) is 1. The third-order valence-corrected chi connectivity index (χ3v) is 6.96. The maximum Gasteiger partial charge on any atom is 0.227 e. The van der Waals surface area contributed by atoms with E-state index in [1.54, 1.807) is 7.11 Å². The third-order valence-electron chi connectivity index (χ3n) is 6.71. The topological polar surface area (TPSA) is 36.0 Å². The number of nitrogens with zero attached hydrogens (tertiary/aromatic N) is 3. The first kappa shape index (κ1) is 22.0. The van der Waals surface area contributed by atoms with E-state index in [0.717, 1.165) is 55.7 Å². The SMILES string of the molecule is COc1ccccc1N1CCN(C(=O)[C@@H]2CN(C(C)C)C[C@H]2c2ccc(Cl)cc2)CC1. The number of methoxy groups -OCH3 is 1. The molecule has 2 aromatic rings. The number of rotatable bonds is 5. The maximum absolute atomic E-state index is 13.6. The summed E-state index contributed by atoms with van der Waals surface area (Å²) in [4.78, 5) is 20.4. The second-order valence-corrected chi connectivity index (χ2v) is 9.23. The van der Waals surface area contributed by atoms with E-state index in [1.807, 2.05) is 30.3 Å². The van der Waals surface area contributed by atoms with E-state index in [9.17, 15) is 4.79 Å².